The molecule has 0 radical (unpaired) electrons. The number of rotatable bonds is 4. The van der Waals surface area contributed by atoms with E-state index in [2.05, 4.69) is 0 Å². The fraction of sp³-hybridized carbons (Fsp3) is 0.538. The molecule has 1 heterocycles. The van der Waals surface area contributed by atoms with E-state index < -0.39 is 26.5 Å². The molecule has 0 saturated heterocycles. The van der Waals surface area contributed by atoms with Crippen LogP contribution in [-0.2, 0) is 9.84 Å². The van der Waals surface area contributed by atoms with Gasteiger partial charge in [-0.2, -0.15) is 0 Å². The van der Waals surface area contributed by atoms with E-state index in [1.54, 1.807) is 25.1 Å². The zero-order chi connectivity index (χ0) is 14.5. The highest BCUT2D eigenvalue weighted by atomic mass is 32.2. The molecule has 1 aromatic rings. The topological polar surface area (TPSA) is 98.9 Å². The molecule has 1 aromatic carbocycles. The second-order valence-electron chi connectivity index (χ2n) is 5.23. The largest absolute Gasteiger partial charge is 0.454 e. The minimum Gasteiger partial charge on any atom is -0.454 e. The summed E-state index contributed by atoms with van der Waals surface area (Å²) in [7, 11) is -3.31. The third-order valence-corrected chi connectivity index (χ3v) is 6.41. The number of hydrogen-bond donors (Lipinski definition) is 2. The van der Waals surface area contributed by atoms with Crippen molar-refractivity contribution in [3.8, 4) is 11.5 Å². The average molecular weight is 299 g/mol. The fourth-order valence-corrected chi connectivity index (χ4v) is 4.92. The summed E-state index contributed by atoms with van der Waals surface area (Å²) in [5.41, 5.74) is 5.72. The van der Waals surface area contributed by atoms with Crippen LogP contribution in [0.15, 0.2) is 18.2 Å². The van der Waals surface area contributed by atoms with E-state index in [0.717, 1.165) is 5.56 Å². The molecule has 0 aromatic heterocycles. The van der Waals surface area contributed by atoms with E-state index in [9.17, 15) is 13.5 Å². The number of benzene rings is 1. The molecule has 1 saturated carbocycles. The van der Waals surface area contributed by atoms with Crippen LogP contribution in [0.5, 0.6) is 11.5 Å². The summed E-state index contributed by atoms with van der Waals surface area (Å²) in [6, 6.07) is 5.26. The van der Waals surface area contributed by atoms with Crippen LogP contribution in [0.4, 0.5) is 0 Å². The van der Waals surface area contributed by atoms with Crippen molar-refractivity contribution in [1.82, 2.24) is 0 Å². The molecule has 0 bridgehead atoms. The van der Waals surface area contributed by atoms with Gasteiger partial charge in [-0.25, -0.2) is 8.42 Å². The molecule has 6 nitrogen and oxygen atoms in total. The molecular weight excluding hydrogens is 282 g/mol. The highest BCUT2D eigenvalue weighted by Gasteiger charge is 2.68. The van der Waals surface area contributed by atoms with Crippen LogP contribution in [0, 0.1) is 0 Å². The van der Waals surface area contributed by atoms with Gasteiger partial charge in [-0.15, -0.1) is 0 Å². The molecule has 7 heteroatoms. The number of sulfone groups is 1. The lowest BCUT2D eigenvalue weighted by atomic mass is 10.1. The lowest BCUT2D eigenvalue weighted by Crippen LogP contribution is -2.35. The van der Waals surface area contributed by atoms with Gasteiger partial charge in [0.1, 0.15) is 0 Å². The van der Waals surface area contributed by atoms with Crippen molar-refractivity contribution >= 4 is 9.84 Å². The van der Waals surface area contributed by atoms with Crippen molar-refractivity contribution in [3.63, 3.8) is 0 Å². The minimum atomic E-state index is -3.31. The average Bonchev–Trinajstić information content (AvgIpc) is 2.83. The van der Waals surface area contributed by atoms with Gasteiger partial charge in [0, 0.05) is 11.7 Å². The van der Waals surface area contributed by atoms with Gasteiger partial charge in [0.15, 0.2) is 21.3 Å². The van der Waals surface area contributed by atoms with Crippen LogP contribution in [0.25, 0.3) is 0 Å². The second-order valence-corrected chi connectivity index (χ2v) is 7.64. The Morgan fingerprint density at radius 2 is 2.10 bits per heavy atom. The highest BCUT2D eigenvalue weighted by Crippen LogP contribution is 2.55. The van der Waals surface area contributed by atoms with Crippen LogP contribution in [0.1, 0.15) is 18.4 Å². The highest BCUT2D eigenvalue weighted by molar-refractivity contribution is 7.92. The van der Waals surface area contributed by atoms with Crippen molar-refractivity contribution in [2.24, 2.45) is 5.73 Å². The van der Waals surface area contributed by atoms with E-state index in [1.807, 2.05) is 0 Å². The standard InChI is InChI=1S/C13H17NO5S/c1-2-20(16,17)12-11(13(12,14)6-15)8-3-4-9-10(5-8)19-7-18-9/h3-5,11-12,15H,2,6-7,14H2,1H3/t11-,12+,13-/m0/s1. The zero-order valence-corrected chi connectivity index (χ0v) is 11.9. The number of aliphatic hydroxyl groups excluding tert-OH is 1. The van der Waals surface area contributed by atoms with Crippen LogP contribution >= 0.6 is 0 Å². The van der Waals surface area contributed by atoms with Gasteiger partial charge in [0.25, 0.3) is 0 Å². The Bertz CT molecular complexity index is 644. The lowest BCUT2D eigenvalue weighted by molar-refractivity contribution is 0.174. The smallest absolute Gasteiger partial charge is 0.231 e. The molecular formula is C13H17NO5S. The van der Waals surface area contributed by atoms with Gasteiger partial charge in [-0.1, -0.05) is 13.0 Å². The Kier molecular flexibility index (Phi) is 2.97. The molecule has 0 spiro atoms. The monoisotopic (exact) mass is 299 g/mol. The first-order valence-electron chi connectivity index (χ1n) is 6.45. The number of ether oxygens (including phenoxy) is 2. The van der Waals surface area contributed by atoms with Gasteiger partial charge in [-0.3, -0.25) is 0 Å². The molecule has 1 aliphatic heterocycles. The predicted molar refractivity (Wildman–Crippen MR) is 72.6 cm³/mol. The summed E-state index contributed by atoms with van der Waals surface area (Å²) in [5, 5.41) is 8.73. The molecule has 3 N–H and O–H groups in total. The number of aliphatic hydroxyl groups is 1. The molecule has 0 amide bonds. The van der Waals surface area contributed by atoms with E-state index in [-0.39, 0.29) is 19.2 Å². The van der Waals surface area contributed by atoms with Crippen LogP contribution in [0.2, 0.25) is 0 Å². The normalized spacial score (nSPS) is 31.4. The molecule has 0 unspecified atom stereocenters. The summed E-state index contributed by atoms with van der Waals surface area (Å²) in [6.45, 7) is 1.38. The molecule has 1 aliphatic carbocycles. The van der Waals surface area contributed by atoms with Crippen molar-refractivity contribution in [1.29, 1.82) is 0 Å². The first-order chi connectivity index (χ1) is 9.44. The Hall–Kier alpha value is -1.31. The maximum Gasteiger partial charge on any atom is 0.231 e. The van der Waals surface area contributed by atoms with Crippen LogP contribution in [-0.4, -0.2) is 43.5 Å². The maximum atomic E-state index is 12.1. The van der Waals surface area contributed by atoms with Gasteiger partial charge in [-0.05, 0) is 17.7 Å². The van der Waals surface area contributed by atoms with Crippen LogP contribution < -0.4 is 15.2 Å². The van der Waals surface area contributed by atoms with Crippen molar-refractivity contribution in [2.75, 3.05) is 19.2 Å². The zero-order valence-electron chi connectivity index (χ0n) is 11.1. The summed E-state index contributed by atoms with van der Waals surface area (Å²) < 4.78 is 34.7. The third kappa shape index (κ3) is 1.81. The first-order valence-corrected chi connectivity index (χ1v) is 8.16. The fourth-order valence-electron chi connectivity index (χ4n) is 2.92. The van der Waals surface area contributed by atoms with Crippen LogP contribution in [0.3, 0.4) is 0 Å². The molecule has 110 valence electrons. The SMILES string of the molecule is CCS(=O)(=O)[C@@H]1[C@H](c2ccc3c(c2)OCO3)[C@@]1(N)CO. The summed E-state index contributed by atoms with van der Waals surface area (Å²) >= 11 is 0. The van der Waals surface area contributed by atoms with E-state index in [1.165, 1.54) is 0 Å². The van der Waals surface area contributed by atoms with E-state index in [4.69, 9.17) is 15.2 Å². The Labute approximate surface area is 117 Å². The lowest BCUT2D eigenvalue weighted by Gasteiger charge is -2.07. The number of nitrogens with two attached hydrogens (primary N) is 1. The molecule has 20 heavy (non-hydrogen) atoms. The summed E-state index contributed by atoms with van der Waals surface area (Å²) in [4.78, 5) is 0. The van der Waals surface area contributed by atoms with Crippen molar-refractivity contribution in [3.05, 3.63) is 23.8 Å². The Morgan fingerprint density at radius 3 is 2.75 bits per heavy atom. The van der Waals surface area contributed by atoms with E-state index >= 15 is 0 Å². The molecule has 2 aliphatic rings. The Morgan fingerprint density at radius 1 is 1.40 bits per heavy atom. The van der Waals surface area contributed by atoms with Gasteiger partial charge in [0.05, 0.1) is 17.4 Å². The molecule has 3 atom stereocenters. The second kappa shape index (κ2) is 4.34. The van der Waals surface area contributed by atoms with Gasteiger partial charge < -0.3 is 20.3 Å². The van der Waals surface area contributed by atoms with Crippen molar-refractivity contribution in [2.45, 2.75) is 23.6 Å². The number of hydrogen-bond acceptors (Lipinski definition) is 6. The minimum absolute atomic E-state index is 0.0116. The molecule has 1 fully saturated rings. The summed E-state index contributed by atoms with van der Waals surface area (Å²) in [5.74, 6) is 0.822. The van der Waals surface area contributed by atoms with Crippen molar-refractivity contribution < 1.29 is 23.0 Å². The first kappa shape index (κ1) is 13.7. The molecule has 3 rings (SSSR count). The van der Waals surface area contributed by atoms with E-state index in [0.29, 0.717) is 11.5 Å². The predicted octanol–water partition coefficient (Wildman–Crippen LogP) is 0.00560. The summed E-state index contributed by atoms with van der Waals surface area (Å²) in [6.07, 6.45) is 0. The van der Waals surface area contributed by atoms with Gasteiger partial charge in [0.2, 0.25) is 6.79 Å². The maximum absolute atomic E-state index is 12.1. The van der Waals surface area contributed by atoms with Gasteiger partial charge >= 0.3 is 0 Å². The Balaban J connectivity index is 1.98. The number of fused-ring (bicyclic) bond motifs is 1. The third-order valence-electron chi connectivity index (χ3n) is 4.12. The quantitative estimate of drug-likeness (QED) is 0.812.